The number of carbonyl (C=O) groups excluding carboxylic acids is 1. The van der Waals surface area contributed by atoms with Crippen LogP contribution in [0.3, 0.4) is 0 Å². The minimum atomic E-state index is -1.17. The first-order valence-corrected chi connectivity index (χ1v) is 15.2. The Labute approximate surface area is 200 Å². The number of carbonyl (C=O) groups is 1. The van der Waals surface area contributed by atoms with Gasteiger partial charge in [-0.2, -0.15) is 9.97 Å². The van der Waals surface area contributed by atoms with Crippen LogP contribution in [0, 0.1) is 0 Å². The smallest absolute Gasteiger partial charge is 0.410 e. The summed E-state index contributed by atoms with van der Waals surface area (Å²) in [6.45, 7) is 14.4. The normalized spacial score (nSPS) is 17.2. The van der Waals surface area contributed by atoms with Gasteiger partial charge in [-0.05, 0) is 38.4 Å². The minimum Gasteiger partial charge on any atom is -0.472 e. The average Bonchev–Trinajstić information content (AvgIpc) is 3.21. The van der Waals surface area contributed by atoms with Gasteiger partial charge in [0.25, 0.3) is 0 Å². The first-order chi connectivity index (χ1) is 14.8. The number of amides is 1. The van der Waals surface area contributed by atoms with Gasteiger partial charge in [-0.3, -0.25) is 0 Å². The zero-order valence-corrected chi connectivity index (χ0v) is 22.1. The van der Waals surface area contributed by atoms with E-state index in [1.54, 1.807) is 11.1 Å². The molecule has 1 amide bonds. The second kappa shape index (κ2) is 9.75. The van der Waals surface area contributed by atoms with E-state index in [2.05, 4.69) is 29.6 Å². The maximum atomic E-state index is 12.3. The standard InChI is InChI=1S/C21H32Cl2N4O4Si/c1-21(2,3)31-20(28)26-8-7-14(11-26)30-18-16-15(22)12-27(17(16)24-19(23)25-18)13-29-9-10-32(4,5)6/h12,14H,7-11,13H2,1-6H3/t14-/m1/s1. The molecule has 11 heteroatoms. The number of ether oxygens (including phenoxy) is 3. The second-order valence-electron chi connectivity index (χ2n) is 10.2. The highest BCUT2D eigenvalue weighted by Gasteiger charge is 2.32. The average molecular weight is 504 g/mol. The lowest BCUT2D eigenvalue weighted by Crippen LogP contribution is -2.36. The molecule has 0 spiro atoms. The highest BCUT2D eigenvalue weighted by molar-refractivity contribution is 6.76. The van der Waals surface area contributed by atoms with Crippen molar-refractivity contribution in [1.29, 1.82) is 0 Å². The molecular formula is C21H32Cl2N4O4Si. The summed E-state index contributed by atoms with van der Waals surface area (Å²) in [5, 5.41) is 1.11. The Morgan fingerprint density at radius 3 is 2.62 bits per heavy atom. The Morgan fingerprint density at radius 1 is 1.25 bits per heavy atom. The van der Waals surface area contributed by atoms with Crippen LogP contribution in [0.5, 0.6) is 5.88 Å². The molecule has 0 radical (unpaired) electrons. The summed E-state index contributed by atoms with van der Waals surface area (Å²) in [4.78, 5) is 22.6. The molecule has 1 aliphatic rings. The van der Waals surface area contributed by atoms with Gasteiger partial charge in [0.15, 0.2) is 5.65 Å². The largest absolute Gasteiger partial charge is 0.472 e. The molecule has 2 aromatic heterocycles. The van der Waals surface area contributed by atoms with E-state index in [1.165, 1.54) is 0 Å². The van der Waals surface area contributed by atoms with Gasteiger partial charge in [0.05, 0.1) is 17.0 Å². The molecule has 1 aliphatic heterocycles. The fourth-order valence-corrected chi connectivity index (χ4v) is 4.48. The lowest BCUT2D eigenvalue weighted by Gasteiger charge is -2.24. The summed E-state index contributed by atoms with van der Waals surface area (Å²) < 4.78 is 19.2. The van der Waals surface area contributed by atoms with Gasteiger partial charge in [0.2, 0.25) is 11.2 Å². The molecule has 3 rings (SSSR count). The Bertz CT molecular complexity index is 971. The van der Waals surface area contributed by atoms with Crippen molar-refractivity contribution in [3.05, 3.63) is 16.5 Å². The molecule has 8 nitrogen and oxygen atoms in total. The third-order valence-corrected chi connectivity index (χ3v) is 7.07. The summed E-state index contributed by atoms with van der Waals surface area (Å²) in [5.41, 5.74) is 0.00987. The van der Waals surface area contributed by atoms with E-state index >= 15 is 0 Å². The van der Waals surface area contributed by atoms with Crippen LogP contribution in [0.15, 0.2) is 6.20 Å². The maximum absolute atomic E-state index is 12.3. The molecule has 32 heavy (non-hydrogen) atoms. The molecule has 1 atom stereocenters. The molecule has 1 saturated heterocycles. The van der Waals surface area contributed by atoms with Crippen molar-refractivity contribution in [1.82, 2.24) is 19.4 Å². The van der Waals surface area contributed by atoms with Crippen molar-refractivity contribution < 1.29 is 19.0 Å². The van der Waals surface area contributed by atoms with E-state index in [0.29, 0.717) is 54.8 Å². The maximum Gasteiger partial charge on any atom is 0.410 e. The Hall–Kier alpha value is -1.55. The van der Waals surface area contributed by atoms with Gasteiger partial charge in [-0.1, -0.05) is 31.2 Å². The number of hydrogen-bond acceptors (Lipinski definition) is 6. The van der Waals surface area contributed by atoms with Crippen LogP contribution in [-0.2, 0) is 16.2 Å². The van der Waals surface area contributed by atoms with Crippen molar-refractivity contribution in [3.8, 4) is 5.88 Å². The molecule has 178 valence electrons. The van der Waals surface area contributed by atoms with E-state index < -0.39 is 13.7 Å². The van der Waals surface area contributed by atoms with E-state index in [9.17, 15) is 4.79 Å². The quantitative estimate of drug-likeness (QED) is 0.285. The third kappa shape index (κ3) is 6.73. The number of aromatic nitrogens is 3. The van der Waals surface area contributed by atoms with Gasteiger partial charge >= 0.3 is 6.09 Å². The topological polar surface area (TPSA) is 78.7 Å². The molecule has 3 heterocycles. The molecular weight excluding hydrogens is 471 g/mol. The van der Waals surface area contributed by atoms with Crippen LogP contribution >= 0.6 is 23.2 Å². The van der Waals surface area contributed by atoms with Gasteiger partial charge < -0.3 is 23.7 Å². The summed E-state index contributed by atoms with van der Waals surface area (Å²) in [7, 11) is -1.17. The lowest BCUT2D eigenvalue weighted by molar-refractivity contribution is 0.0275. The minimum absolute atomic E-state index is 0.0626. The first kappa shape index (κ1) is 25.1. The zero-order valence-electron chi connectivity index (χ0n) is 19.6. The molecule has 2 aromatic rings. The first-order valence-electron chi connectivity index (χ1n) is 10.8. The van der Waals surface area contributed by atoms with Gasteiger partial charge in [0, 0.05) is 33.8 Å². The number of halogens is 2. The number of rotatable bonds is 7. The number of likely N-dealkylation sites (tertiary alicyclic amines) is 1. The summed E-state index contributed by atoms with van der Waals surface area (Å²) in [6.07, 6.45) is 1.80. The predicted octanol–water partition coefficient (Wildman–Crippen LogP) is 5.44. The Balaban J connectivity index is 1.71. The van der Waals surface area contributed by atoms with Crippen LogP contribution in [0.4, 0.5) is 4.79 Å². The van der Waals surface area contributed by atoms with Crippen LogP contribution in [0.1, 0.15) is 27.2 Å². The van der Waals surface area contributed by atoms with Crippen LogP contribution in [-0.4, -0.2) is 65.0 Å². The summed E-state index contributed by atoms with van der Waals surface area (Å²) >= 11 is 12.7. The van der Waals surface area contributed by atoms with E-state index in [0.717, 1.165) is 6.04 Å². The van der Waals surface area contributed by atoms with Crippen LogP contribution in [0.2, 0.25) is 36.0 Å². The highest BCUT2D eigenvalue weighted by Crippen LogP contribution is 2.34. The molecule has 1 fully saturated rings. The molecule has 0 aromatic carbocycles. The molecule has 0 N–H and O–H groups in total. The molecule has 0 saturated carbocycles. The number of fused-ring (bicyclic) bond motifs is 1. The number of hydrogen-bond donors (Lipinski definition) is 0. The summed E-state index contributed by atoms with van der Waals surface area (Å²) in [5.74, 6) is 0.307. The van der Waals surface area contributed by atoms with Crippen molar-refractivity contribution in [2.45, 2.75) is 71.3 Å². The third-order valence-electron chi connectivity index (χ3n) is 4.91. The SMILES string of the molecule is CC(C)(C)OC(=O)N1CC[C@@H](Oc2nc(Cl)nc3c2c(Cl)cn3COCC[Si](C)(C)C)C1. The van der Waals surface area contributed by atoms with E-state index in [1.807, 2.05) is 25.3 Å². The van der Waals surface area contributed by atoms with Crippen molar-refractivity contribution in [2.75, 3.05) is 19.7 Å². The van der Waals surface area contributed by atoms with Crippen molar-refractivity contribution >= 4 is 48.4 Å². The fraction of sp³-hybridized carbons (Fsp3) is 0.667. The van der Waals surface area contributed by atoms with Gasteiger partial charge in [-0.25, -0.2) is 4.79 Å². The fourth-order valence-electron chi connectivity index (χ4n) is 3.28. The highest BCUT2D eigenvalue weighted by atomic mass is 35.5. The van der Waals surface area contributed by atoms with Crippen molar-refractivity contribution in [2.24, 2.45) is 0 Å². The molecule has 0 bridgehead atoms. The van der Waals surface area contributed by atoms with E-state index in [4.69, 9.17) is 37.4 Å². The van der Waals surface area contributed by atoms with Crippen molar-refractivity contribution in [3.63, 3.8) is 0 Å². The molecule has 0 unspecified atom stereocenters. The van der Waals surface area contributed by atoms with Gasteiger partial charge in [0.1, 0.15) is 18.4 Å². The molecule has 0 aliphatic carbocycles. The second-order valence-corrected chi connectivity index (χ2v) is 16.6. The summed E-state index contributed by atoms with van der Waals surface area (Å²) in [6, 6.07) is 1.07. The van der Waals surface area contributed by atoms with Crippen LogP contribution < -0.4 is 4.74 Å². The van der Waals surface area contributed by atoms with E-state index in [-0.39, 0.29) is 17.5 Å². The Kier molecular flexibility index (Phi) is 7.64. The van der Waals surface area contributed by atoms with Gasteiger partial charge in [-0.15, -0.1) is 0 Å². The number of nitrogens with zero attached hydrogens (tertiary/aromatic N) is 4. The Morgan fingerprint density at radius 2 is 1.97 bits per heavy atom. The monoisotopic (exact) mass is 502 g/mol. The van der Waals surface area contributed by atoms with Crippen LogP contribution in [0.25, 0.3) is 11.0 Å². The predicted molar refractivity (Wildman–Crippen MR) is 128 cm³/mol. The lowest BCUT2D eigenvalue weighted by atomic mass is 10.2. The zero-order chi connectivity index (χ0) is 23.7.